The van der Waals surface area contributed by atoms with E-state index >= 15 is 0 Å². The van der Waals surface area contributed by atoms with Crippen molar-refractivity contribution in [1.82, 2.24) is 14.8 Å². The third kappa shape index (κ3) is 2.74. The van der Waals surface area contributed by atoms with Crippen LogP contribution in [0.1, 0.15) is 11.3 Å². The maximum absolute atomic E-state index is 8.86. The van der Waals surface area contributed by atoms with Crippen molar-refractivity contribution < 1.29 is 5.21 Å². The third-order valence-corrected chi connectivity index (χ3v) is 4.53. The Bertz CT molecular complexity index is 640. The van der Waals surface area contributed by atoms with Crippen molar-refractivity contribution >= 4 is 33.5 Å². The van der Waals surface area contributed by atoms with E-state index in [0.717, 1.165) is 14.5 Å². The Morgan fingerprint density at radius 1 is 1.58 bits per heavy atom. The summed E-state index contributed by atoms with van der Waals surface area (Å²) >= 11 is 4.84. The Labute approximate surface area is 122 Å². The number of nitrogens with zero attached hydrogens (tertiary/aromatic N) is 4. The maximum atomic E-state index is 8.86. The van der Waals surface area contributed by atoms with Crippen LogP contribution < -0.4 is 5.73 Å². The van der Waals surface area contributed by atoms with Crippen LogP contribution in [0.2, 0.25) is 0 Å². The van der Waals surface area contributed by atoms with Crippen LogP contribution in [0.25, 0.3) is 0 Å². The summed E-state index contributed by atoms with van der Waals surface area (Å²) in [5, 5.41) is 17.8. The number of nitrogens with two attached hydrogens (primary N) is 1. The number of aryl methyl sites for hydroxylation is 2. The Kier molecular flexibility index (Phi) is 4.11. The lowest BCUT2D eigenvalue weighted by atomic mass is 10.2. The zero-order valence-electron chi connectivity index (χ0n) is 10.3. The topological polar surface area (TPSA) is 89.3 Å². The molecule has 0 saturated heterocycles. The SMILES string of the molecule is Cc1nn(C)c(Sc2ncccc2Br)c1C(N)=NO. The van der Waals surface area contributed by atoms with Gasteiger partial charge in [0.2, 0.25) is 0 Å². The second-order valence-corrected chi connectivity index (χ2v) is 5.60. The van der Waals surface area contributed by atoms with E-state index in [9.17, 15) is 0 Å². The summed E-state index contributed by atoms with van der Waals surface area (Å²) in [5.41, 5.74) is 7.02. The third-order valence-electron chi connectivity index (χ3n) is 2.45. The van der Waals surface area contributed by atoms with E-state index in [1.807, 2.05) is 19.1 Å². The molecule has 0 fully saturated rings. The van der Waals surface area contributed by atoms with Crippen LogP contribution in [0.3, 0.4) is 0 Å². The van der Waals surface area contributed by atoms with Gasteiger partial charge in [0.25, 0.3) is 0 Å². The van der Waals surface area contributed by atoms with Crippen LogP contribution in [0.15, 0.2) is 38.0 Å². The molecular weight excluding hydrogens is 330 g/mol. The summed E-state index contributed by atoms with van der Waals surface area (Å²) in [4.78, 5) is 4.28. The van der Waals surface area contributed by atoms with Gasteiger partial charge in [0.1, 0.15) is 10.1 Å². The summed E-state index contributed by atoms with van der Waals surface area (Å²) in [6.07, 6.45) is 1.71. The molecular formula is C11H12BrN5OS. The predicted molar refractivity (Wildman–Crippen MR) is 76.5 cm³/mol. The van der Waals surface area contributed by atoms with Crippen LogP contribution in [-0.2, 0) is 7.05 Å². The first-order valence-electron chi connectivity index (χ1n) is 5.34. The zero-order chi connectivity index (χ0) is 14.0. The number of pyridine rings is 1. The van der Waals surface area contributed by atoms with Crippen LogP contribution >= 0.6 is 27.7 Å². The van der Waals surface area contributed by atoms with E-state index in [2.05, 4.69) is 31.2 Å². The Morgan fingerprint density at radius 3 is 2.95 bits per heavy atom. The molecule has 0 aliphatic rings. The van der Waals surface area contributed by atoms with Crippen molar-refractivity contribution in [2.45, 2.75) is 17.0 Å². The molecule has 0 aliphatic carbocycles. The van der Waals surface area contributed by atoms with Gasteiger partial charge in [0.15, 0.2) is 5.84 Å². The molecule has 0 unspecified atom stereocenters. The smallest absolute Gasteiger partial charge is 0.174 e. The molecule has 8 heteroatoms. The molecule has 2 heterocycles. The van der Waals surface area contributed by atoms with Gasteiger partial charge in [-0.2, -0.15) is 5.10 Å². The molecule has 0 aromatic carbocycles. The molecule has 0 bridgehead atoms. The van der Waals surface area contributed by atoms with Gasteiger partial charge in [-0.25, -0.2) is 4.98 Å². The van der Waals surface area contributed by atoms with Gasteiger partial charge in [0.05, 0.1) is 15.7 Å². The van der Waals surface area contributed by atoms with Crippen molar-refractivity contribution in [1.29, 1.82) is 0 Å². The standard InChI is InChI=1S/C11H12BrN5OS/c1-6-8(9(13)16-18)11(17(2)15-6)19-10-7(12)4-3-5-14-10/h3-5,18H,1-2H3,(H2,13,16). The second kappa shape index (κ2) is 5.62. The average molecular weight is 342 g/mol. The van der Waals surface area contributed by atoms with Crippen LogP contribution in [-0.4, -0.2) is 25.8 Å². The normalized spacial score (nSPS) is 11.8. The van der Waals surface area contributed by atoms with Crippen molar-refractivity contribution in [2.24, 2.45) is 17.9 Å². The maximum Gasteiger partial charge on any atom is 0.174 e. The van der Waals surface area contributed by atoms with Gasteiger partial charge in [-0.15, -0.1) is 0 Å². The molecule has 3 N–H and O–H groups in total. The van der Waals surface area contributed by atoms with Gasteiger partial charge >= 0.3 is 0 Å². The molecule has 0 saturated carbocycles. The van der Waals surface area contributed by atoms with Gasteiger partial charge in [-0.05, 0) is 46.7 Å². The molecule has 19 heavy (non-hydrogen) atoms. The number of oxime groups is 1. The minimum absolute atomic E-state index is 0.0418. The minimum Gasteiger partial charge on any atom is -0.409 e. The number of hydrogen-bond donors (Lipinski definition) is 2. The first kappa shape index (κ1) is 13.9. The largest absolute Gasteiger partial charge is 0.409 e. The molecule has 0 atom stereocenters. The molecule has 0 radical (unpaired) electrons. The van der Waals surface area contributed by atoms with E-state index < -0.39 is 0 Å². The molecule has 2 aromatic heterocycles. The molecule has 2 rings (SSSR count). The average Bonchev–Trinajstić information content (AvgIpc) is 2.66. The molecule has 0 spiro atoms. The van der Waals surface area contributed by atoms with E-state index in [0.29, 0.717) is 11.3 Å². The van der Waals surface area contributed by atoms with Gasteiger partial charge in [-0.1, -0.05) is 5.16 Å². The van der Waals surface area contributed by atoms with E-state index in [4.69, 9.17) is 10.9 Å². The summed E-state index contributed by atoms with van der Waals surface area (Å²) in [7, 11) is 1.81. The number of rotatable bonds is 3. The van der Waals surface area contributed by atoms with Crippen molar-refractivity contribution in [3.05, 3.63) is 34.1 Å². The van der Waals surface area contributed by atoms with Gasteiger partial charge in [-0.3, -0.25) is 4.68 Å². The predicted octanol–water partition coefficient (Wildman–Crippen LogP) is 2.13. The fraction of sp³-hybridized carbons (Fsp3) is 0.182. The van der Waals surface area contributed by atoms with Crippen LogP contribution in [0.5, 0.6) is 0 Å². The number of aromatic nitrogens is 3. The highest BCUT2D eigenvalue weighted by molar-refractivity contribution is 9.10. The highest BCUT2D eigenvalue weighted by Gasteiger charge is 2.19. The molecule has 0 amide bonds. The Balaban J connectivity index is 2.49. The zero-order valence-corrected chi connectivity index (χ0v) is 12.7. The first-order valence-corrected chi connectivity index (χ1v) is 6.95. The lowest BCUT2D eigenvalue weighted by Gasteiger charge is -2.06. The fourth-order valence-electron chi connectivity index (χ4n) is 1.64. The quantitative estimate of drug-likeness (QED) is 0.386. The molecule has 2 aromatic rings. The summed E-state index contributed by atoms with van der Waals surface area (Å²) in [5.74, 6) is 0.0418. The number of hydrogen-bond acceptors (Lipinski definition) is 5. The van der Waals surface area contributed by atoms with Crippen molar-refractivity contribution in [3.8, 4) is 0 Å². The summed E-state index contributed by atoms with van der Waals surface area (Å²) in [6, 6.07) is 3.74. The van der Waals surface area contributed by atoms with Crippen molar-refractivity contribution in [2.75, 3.05) is 0 Å². The first-order chi connectivity index (χ1) is 9.04. The number of halogens is 1. The van der Waals surface area contributed by atoms with Crippen LogP contribution in [0.4, 0.5) is 0 Å². The van der Waals surface area contributed by atoms with Gasteiger partial charge < -0.3 is 10.9 Å². The summed E-state index contributed by atoms with van der Waals surface area (Å²) < 4.78 is 2.57. The highest BCUT2D eigenvalue weighted by Crippen LogP contribution is 2.34. The van der Waals surface area contributed by atoms with E-state index in [-0.39, 0.29) is 5.84 Å². The van der Waals surface area contributed by atoms with Crippen molar-refractivity contribution in [3.63, 3.8) is 0 Å². The second-order valence-electron chi connectivity index (χ2n) is 3.77. The lowest BCUT2D eigenvalue weighted by Crippen LogP contribution is -2.15. The summed E-state index contributed by atoms with van der Waals surface area (Å²) in [6.45, 7) is 1.81. The fourth-order valence-corrected chi connectivity index (χ4v) is 3.12. The van der Waals surface area contributed by atoms with E-state index in [1.165, 1.54) is 11.8 Å². The van der Waals surface area contributed by atoms with E-state index in [1.54, 1.807) is 17.9 Å². The molecule has 0 aliphatic heterocycles. The van der Waals surface area contributed by atoms with Gasteiger partial charge in [0, 0.05) is 13.2 Å². The highest BCUT2D eigenvalue weighted by atomic mass is 79.9. The minimum atomic E-state index is 0.0418. The number of amidine groups is 1. The monoisotopic (exact) mass is 341 g/mol. The molecule has 6 nitrogen and oxygen atoms in total. The Hall–Kier alpha value is -1.54. The molecule has 100 valence electrons. The lowest BCUT2D eigenvalue weighted by molar-refractivity contribution is 0.318. The van der Waals surface area contributed by atoms with Crippen LogP contribution in [0, 0.1) is 6.92 Å². The Morgan fingerprint density at radius 2 is 2.32 bits per heavy atom.